The maximum Gasteiger partial charge on any atom is 0.233 e. The highest BCUT2D eigenvalue weighted by Crippen LogP contribution is 2.02. The molecule has 0 amide bonds. The second kappa shape index (κ2) is 5.72. The minimum absolute atomic E-state index is 0.199. The fraction of sp³-hybridized carbons (Fsp3) is 0.700. The van der Waals surface area contributed by atoms with E-state index in [0.717, 1.165) is 45.6 Å². The lowest BCUT2D eigenvalue weighted by atomic mass is 10.3. The van der Waals surface area contributed by atoms with Crippen LogP contribution in [0.4, 0.5) is 0 Å². The van der Waals surface area contributed by atoms with Crippen LogP contribution in [-0.4, -0.2) is 54.2 Å². The molecule has 0 unspecified atom stereocenters. The monoisotopic (exact) mass is 225 g/mol. The Morgan fingerprint density at radius 3 is 2.94 bits per heavy atom. The van der Waals surface area contributed by atoms with E-state index in [9.17, 15) is 4.79 Å². The van der Waals surface area contributed by atoms with Gasteiger partial charge < -0.3 is 14.1 Å². The molecule has 1 aromatic rings. The van der Waals surface area contributed by atoms with Gasteiger partial charge in [0, 0.05) is 26.1 Å². The van der Waals surface area contributed by atoms with Crippen molar-refractivity contribution in [1.82, 2.24) is 15.0 Å². The third kappa shape index (κ3) is 3.11. The van der Waals surface area contributed by atoms with Crippen LogP contribution < -0.4 is 0 Å². The van der Waals surface area contributed by atoms with E-state index in [0.29, 0.717) is 11.7 Å². The van der Waals surface area contributed by atoms with E-state index in [-0.39, 0.29) is 6.42 Å². The van der Waals surface area contributed by atoms with Gasteiger partial charge in [-0.25, -0.2) is 0 Å². The van der Waals surface area contributed by atoms with Gasteiger partial charge in [-0.05, 0) is 0 Å². The Hall–Kier alpha value is -1.27. The quantitative estimate of drug-likeness (QED) is 0.640. The largest absolute Gasteiger partial charge is 0.379 e. The second-order valence-electron chi connectivity index (χ2n) is 3.68. The lowest BCUT2D eigenvalue weighted by Gasteiger charge is -2.25. The van der Waals surface area contributed by atoms with E-state index in [4.69, 9.17) is 9.26 Å². The van der Waals surface area contributed by atoms with Crippen molar-refractivity contribution in [1.29, 1.82) is 0 Å². The van der Waals surface area contributed by atoms with Gasteiger partial charge in [-0.15, -0.1) is 0 Å². The van der Waals surface area contributed by atoms with Crippen LogP contribution in [0.3, 0.4) is 0 Å². The number of hydrogen-bond donors (Lipinski definition) is 0. The highest BCUT2D eigenvalue weighted by Gasteiger charge is 2.12. The van der Waals surface area contributed by atoms with Crippen LogP contribution in [-0.2, 0) is 22.4 Å². The van der Waals surface area contributed by atoms with E-state index >= 15 is 0 Å². The molecule has 16 heavy (non-hydrogen) atoms. The average molecular weight is 225 g/mol. The molecule has 1 fully saturated rings. The van der Waals surface area contributed by atoms with Crippen molar-refractivity contribution in [2.45, 2.75) is 12.8 Å². The predicted molar refractivity (Wildman–Crippen MR) is 55.0 cm³/mol. The number of morpholine rings is 1. The van der Waals surface area contributed by atoms with Gasteiger partial charge in [0.25, 0.3) is 0 Å². The van der Waals surface area contributed by atoms with Crippen LogP contribution in [0.1, 0.15) is 11.7 Å². The summed E-state index contributed by atoms with van der Waals surface area (Å²) in [5.74, 6) is 1.07. The van der Waals surface area contributed by atoms with Crippen molar-refractivity contribution in [2.75, 3.05) is 32.8 Å². The Labute approximate surface area is 93.6 Å². The summed E-state index contributed by atoms with van der Waals surface area (Å²) in [6, 6.07) is 0. The van der Waals surface area contributed by atoms with Crippen molar-refractivity contribution in [3.63, 3.8) is 0 Å². The van der Waals surface area contributed by atoms with Gasteiger partial charge >= 0.3 is 0 Å². The zero-order chi connectivity index (χ0) is 11.2. The number of ether oxygens (including phenoxy) is 1. The predicted octanol–water partition coefficient (Wildman–Crippen LogP) is -0.314. The molecule has 0 atom stereocenters. The van der Waals surface area contributed by atoms with Crippen LogP contribution in [0.2, 0.25) is 0 Å². The number of aromatic nitrogens is 2. The zero-order valence-corrected chi connectivity index (χ0v) is 9.09. The van der Waals surface area contributed by atoms with Crippen molar-refractivity contribution in [3.05, 3.63) is 11.7 Å². The van der Waals surface area contributed by atoms with E-state index < -0.39 is 0 Å². The Morgan fingerprint density at radius 1 is 1.38 bits per heavy atom. The Kier molecular flexibility index (Phi) is 4.01. The highest BCUT2D eigenvalue weighted by atomic mass is 16.5. The van der Waals surface area contributed by atoms with Gasteiger partial charge in [0.15, 0.2) is 5.82 Å². The summed E-state index contributed by atoms with van der Waals surface area (Å²) in [5.41, 5.74) is 0. The molecule has 6 heteroatoms. The van der Waals surface area contributed by atoms with Crippen LogP contribution in [0.5, 0.6) is 0 Å². The number of aldehydes is 1. The van der Waals surface area contributed by atoms with Crippen LogP contribution in [0, 0.1) is 0 Å². The molecule has 0 radical (unpaired) electrons. The number of hydrogen-bond acceptors (Lipinski definition) is 6. The third-order valence-electron chi connectivity index (χ3n) is 2.52. The van der Waals surface area contributed by atoms with Crippen molar-refractivity contribution < 1.29 is 14.1 Å². The van der Waals surface area contributed by atoms with E-state index in [2.05, 4.69) is 15.0 Å². The first-order valence-corrected chi connectivity index (χ1v) is 5.43. The molecule has 0 N–H and O–H groups in total. The Balaban J connectivity index is 1.77. The number of carbonyl (C=O) groups excluding carboxylic acids is 1. The minimum Gasteiger partial charge on any atom is -0.379 e. The normalized spacial score (nSPS) is 17.5. The molecule has 2 heterocycles. The molecular weight excluding hydrogens is 210 g/mol. The third-order valence-corrected chi connectivity index (χ3v) is 2.52. The lowest BCUT2D eigenvalue weighted by Crippen LogP contribution is -2.37. The van der Waals surface area contributed by atoms with Gasteiger partial charge in [0.2, 0.25) is 5.89 Å². The lowest BCUT2D eigenvalue weighted by molar-refractivity contribution is -0.107. The Bertz CT molecular complexity index is 334. The van der Waals surface area contributed by atoms with Gasteiger partial charge in [0.1, 0.15) is 6.29 Å². The molecular formula is C10H15N3O3. The summed E-state index contributed by atoms with van der Waals surface area (Å²) in [6.07, 6.45) is 1.71. The molecule has 88 valence electrons. The first-order chi connectivity index (χ1) is 7.88. The van der Waals surface area contributed by atoms with Gasteiger partial charge in [-0.1, -0.05) is 5.16 Å². The molecule has 0 aromatic carbocycles. The summed E-state index contributed by atoms with van der Waals surface area (Å²) in [7, 11) is 0. The molecule has 6 nitrogen and oxygen atoms in total. The first-order valence-electron chi connectivity index (χ1n) is 5.43. The van der Waals surface area contributed by atoms with Crippen LogP contribution in [0.15, 0.2) is 4.52 Å². The van der Waals surface area contributed by atoms with Gasteiger partial charge in [-0.2, -0.15) is 4.98 Å². The van der Waals surface area contributed by atoms with E-state index in [1.54, 1.807) is 0 Å². The maximum atomic E-state index is 10.2. The van der Waals surface area contributed by atoms with Crippen LogP contribution in [0.25, 0.3) is 0 Å². The smallest absolute Gasteiger partial charge is 0.233 e. The molecule has 0 saturated carbocycles. The van der Waals surface area contributed by atoms with Gasteiger partial charge in [-0.3, -0.25) is 4.90 Å². The average Bonchev–Trinajstić information content (AvgIpc) is 2.76. The van der Waals surface area contributed by atoms with Crippen molar-refractivity contribution >= 4 is 6.29 Å². The highest BCUT2D eigenvalue weighted by molar-refractivity contribution is 5.52. The second-order valence-corrected chi connectivity index (χ2v) is 3.68. The minimum atomic E-state index is 0.199. The molecule has 1 saturated heterocycles. The summed E-state index contributed by atoms with van der Waals surface area (Å²) < 4.78 is 10.2. The molecule has 1 aliphatic heterocycles. The standard InChI is InChI=1S/C10H15N3O3/c14-6-2-10-11-9(12-16-10)1-3-13-4-7-15-8-5-13/h6H,1-5,7-8H2. The van der Waals surface area contributed by atoms with E-state index in [1.807, 2.05) is 0 Å². The van der Waals surface area contributed by atoms with Crippen molar-refractivity contribution in [2.24, 2.45) is 0 Å². The summed E-state index contributed by atoms with van der Waals surface area (Å²) in [5, 5.41) is 3.82. The number of carbonyl (C=O) groups is 1. The summed E-state index contributed by atoms with van der Waals surface area (Å²) >= 11 is 0. The first kappa shape index (κ1) is 11.2. The van der Waals surface area contributed by atoms with Gasteiger partial charge in [0.05, 0.1) is 19.6 Å². The molecule has 0 bridgehead atoms. The molecule has 2 rings (SSSR count). The fourth-order valence-electron chi connectivity index (χ4n) is 1.63. The molecule has 1 aliphatic rings. The molecule has 1 aromatic heterocycles. The number of nitrogens with zero attached hydrogens (tertiary/aromatic N) is 3. The maximum absolute atomic E-state index is 10.2. The molecule has 0 spiro atoms. The van der Waals surface area contributed by atoms with Crippen molar-refractivity contribution in [3.8, 4) is 0 Å². The fourth-order valence-corrected chi connectivity index (χ4v) is 1.63. The van der Waals surface area contributed by atoms with E-state index in [1.165, 1.54) is 0 Å². The number of rotatable bonds is 5. The summed E-state index contributed by atoms with van der Waals surface area (Å²) in [6.45, 7) is 4.41. The topological polar surface area (TPSA) is 68.5 Å². The summed E-state index contributed by atoms with van der Waals surface area (Å²) in [4.78, 5) is 16.7. The van der Waals surface area contributed by atoms with Crippen LogP contribution >= 0.6 is 0 Å². The molecule has 0 aliphatic carbocycles. The Morgan fingerprint density at radius 2 is 2.19 bits per heavy atom. The zero-order valence-electron chi connectivity index (χ0n) is 9.09. The SMILES string of the molecule is O=CCc1nc(CCN2CCOCC2)no1.